The minimum absolute atomic E-state index is 0.116. The third-order valence-corrected chi connectivity index (χ3v) is 1.95. The normalized spacial score (nSPS) is 17.2. The van der Waals surface area contributed by atoms with Gasteiger partial charge < -0.3 is 10.8 Å². The highest BCUT2D eigenvalue weighted by Gasteiger charge is 2.17. The van der Waals surface area contributed by atoms with Crippen molar-refractivity contribution < 1.29 is 5.11 Å². The predicted octanol–water partition coefficient (Wildman–Crippen LogP) is 2.98. The Morgan fingerprint density at radius 3 is 1.93 bits per heavy atom. The van der Waals surface area contributed by atoms with Crippen molar-refractivity contribution in [2.24, 2.45) is 11.1 Å². The Labute approximate surface area is 93.9 Å². The van der Waals surface area contributed by atoms with Crippen molar-refractivity contribution >= 4 is 0 Å². The van der Waals surface area contributed by atoms with Gasteiger partial charge in [0.25, 0.3) is 0 Å². The Hall–Kier alpha value is -0.600. The molecule has 0 aliphatic carbocycles. The van der Waals surface area contributed by atoms with Crippen LogP contribution in [-0.2, 0) is 0 Å². The Morgan fingerprint density at radius 2 is 1.60 bits per heavy atom. The minimum atomic E-state index is -1.20. The molecule has 1 atom stereocenters. The van der Waals surface area contributed by atoms with Crippen LogP contribution in [0.5, 0.6) is 0 Å². The fourth-order valence-electron chi connectivity index (χ4n) is 2.10. The lowest BCUT2D eigenvalue weighted by atomic mass is 9.84. The summed E-state index contributed by atoms with van der Waals surface area (Å²) in [5.74, 6) is 0. The molecule has 0 radical (unpaired) electrons. The third kappa shape index (κ3) is 8.40. The SMILES string of the molecule is CC(C)=CC(C)(C)C/C(C)=C/C(C)(N)O. The number of allylic oxidation sites excluding steroid dienone is 3. The first-order valence-electron chi connectivity index (χ1n) is 5.37. The highest BCUT2D eigenvalue weighted by Crippen LogP contribution is 2.28. The van der Waals surface area contributed by atoms with Gasteiger partial charge in [-0.1, -0.05) is 31.1 Å². The molecule has 1 unspecified atom stereocenters. The van der Waals surface area contributed by atoms with Crippen molar-refractivity contribution in [1.82, 2.24) is 0 Å². The van der Waals surface area contributed by atoms with Crippen LogP contribution in [0.2, 0.25) is 0 Å². The van der Waals surface area contributed by atoms with Crippen molar-refractivity contribution in [2.75, 3.05) is 0 Å². The fraction of sp³-hybridized carbons (Fsp3) is 0.692. The molecule has 0 rings (SSSR count). The number of nitrogens with two attached hydrogens (primary N) is 1. The first-order valence-corrected chi connectivity index (χ1v) is 5.37. The molecular formula is C13H25NO. The van der Waals surface area contributed by atoms with Gasteiger partial charge in [-0.15, -0.1) is 0 Å². The second-order valence-corrected chi connectivity index (χ2v) is 5.60. The predicted molar refractivity (Wildman–Crippen MR) is 66.4 cm³/mol. The highest BCUT2D eigenvalue weighted by atomic mass is 16.3. The molecule has 2 nitrogen and oxygen atoms in total. The summed E-state index contributed by atoms with van der Waals surface area (Å²) in [5.41, 5.74) is 6.86. The van der Waals surface area contributed by atoms with Crippen LogP contribution in [0.1, 0.15) is 48.0 Å². The van der Waals surface area contributed by atoms with Crippen LogP contribution >= 0.6 is 0 Å². The van der Waals surface area contributed by atoms with E-state index in [0.29, 0.717) is 0 Å². The molecule has 0 spiro atoms. The molecule has 0 aromatic heterocycles. The maximum Gasteiger partial charge on any atom is 0.130 e. The second-order valence-electron chi connectivity index (χ2n) is 5.60. The van der Waals surface area contributed by atoms with E-state index in [-0.39, 0.29) is 5.41 Å². The quantitative estimate of drug-likeness (QED) is 0.554. The molecule has 15 heavy (non-hydrogen) atoms. The van der Waals surface area contributed by atoms with Gasteiger partial charge in [0, 0.05) is 0 Å². The lowest BCUT2D eigenvalue weighted by Gasteiger charge is -2.23. The number of hydrogen-bond donors (Lipinski definition) is 2. The van der Waals surface area contributed by atoms with Gasteiger partial charge in [-0.2, -0.15) is 0 Å². The number of aliphatic hydroxyl groups is 1. The molecule has 3 N–H and O–H groups in total. The van der Waals surface area contributed by atoms with Gasteiger partial charge in [0.15, 0.2) is 0 Å². The van der Waals surface area contributed by atoms with Crippen LogP contribution in [0.4, 0.5) is 0 Å². The summed E-state index contributed by atoms with van der Waals surface area (Å²) < 4.78 is 0. The molecule has 0 fully saturated rings. The van der Waals surface area contributed by atoms with Crippen LogP contribution in [0.25, 0.3) is 0 Å². The van der Waals surface area contributed by atoms with Gasteiger partial charge in [-0.25, -0.2) is 0 Å². The van der Waals surface area contributed by atoms with Crippen LogP contribution in [-0.4, -0.2) is 10.8 Å². The van der Waals surface area contributed by atoms with E-state index < -0.39 is 5.72 Å². The molecule has 0 amide bonds. The van der Waals surface area contributed by atoms with Crippen molar-refractivity contribution in [3.63, 3.8) is 0 Å². The molecule has 0 aliphatic rings. The summed E-state index contributed by atoms with van der Waals surface area (Å²) in [5, 5.41) is 9.45. The molecule has 0 aliphatic heterocycles. The topological polar surface area (TPSA) is 46.2 Å². The molecule has 0 aromatic carbocycles. The first-order chi connectivity index (χ1) is 6.52. The highest BCUT2D eigenvalue weighted by molar-refractivity contribution is 5.12. The van der Waals surface area contributed by atoms with Crippen LogP contribution in [0.15, 0.2) is 23.3 Å². The average molecular weight is 211 g/mol. The van der Waals surface area contributed by atoms with Gasteiger partial charge in [-0.05, 0) is 45.6 Å². The summed E-state index contributed by atoms with van der Waals surface area (Å²) in [6.07, 6.45) is 4.87. The molecule has 0 saturated carbocycles. The van der Waals surface area contributed by atoms with Crippen molar-refractivity contribution in [1.29, 1.82) is 0 Å². The molecule has 0 bridgehead atoms. The minimum Gasteiger partial charge on any atom is -0.373 e. The van der Waals surface area contributed by atoms with E-state index in [1.807, 2.05) is 6.92 Å². The van der Waals surface area contributed by atoms with Crippen molar-refractivity contribution in [2.45, 2.75) is 53.7 Å². The average Bonchev–Trinajstić information content (AvgIpc) is 1.73. The van der Waals surface area contributed by atoms with Gasteiger partial charge >= 0.3 is 0 Å². The van der Waals surface area contributed by atoms with E-state index in [1.54, 1.807) is 13.0 Å². The Morgan fingerprint density at radius 1 is 1.13 bits per heavy atom. The lowest BCUT2D eigenvalue weighted by molar-refractivity contribution is 0.118. The van der Waals surface area contributed by atoms with Crippen LogP contribution < -0.4 is 5.73 Å². The zero-order valence-electron chi connectivity index (χ0n) is 10.9. The van der Waals surface area contributed by atoms with E-state index in [1.165, 1.54) is 5.57 Å². The van der Waals surface area contributed by atoms with E-state index in [0.717, 1.165) is 12.0 Å². The van der Waals surface area contributed by atoms with E-state index in [2.05, 4.69) is 33.8 Å². The monoisotopic (exact) mass is 211 g/mol. The lowest BCUT2D eigenvalue weighted by Crippen LogP contribution is -2.33. The molecule has 88 valence electrons. The van der Waals surface area contributed by atoms with Crippen LogP contribution in [0.3, 0.4) is 0 Å². The van der Waals surface area contributed by atoms with Crippen LogP contribution in [0, 0.1) is 5.41 Å². The summed E-state index contributed by atoms with van der Waals surface area (Å²) >= 11 is 0. The summed E-state index contributed by atoms with van der Waals surface area (Å²) in [7, 11) is 0. The molecular weight excluding hydrogens is 186 g/mol. The smallest absolute Gasteiger partial charge is 0.130 e. The fourth-order valence-corrected chi connectivity index (χ4v) is 2.10. The van der Waals surface area contributed by atoms with E-state index >= 15 is 0 Å². The molecule has 2 heteroatoms. The Kier molecular flexibility index (Phi) is 4.75. The largest absolute Gasteiger partial charge is 0.373 e. The summed E-state index contributed by atoms with van der Waals surface area (Å²) in [6, 6.07) is 0. The summed E-state index contributed by atoms with van der Waals surface area (Å²) in [4.78, 5) is 0. The van der Waals surface area contributed by atoms with E-state index in [4.69, 9.17) is 5.73 Å². The third-order valence-electron chi connectivity index (χ3n) is 1.95. The zero-order valence-corrected chi connectivity index (χ0v) is 10.9. The van der Waals surface area contributed by atoms with Gasteiger partial charge in [0.05, 0.1) is 0 Å². The molecule has 0 saturated heterocycles. The number of hydrogen-bond acceptors (Lipinski definition) is 2. The Bertz CT molecular complexity index is 263. The van der Waals surface area contributed by atoms with Crippen molar-refractivity contribution in [3.8, 4) is 0 Å². The van der Waals surface area contributed by atoms with Crippen molar-refractivity contribution in [3.05, 3.63) is 23.3 Å². The molecule has 0 heterocycles. The zero-order chi connectivity index (χ0) is 12.3. The maximum absolute atomic E-state index is 9.45. The Balaban J connectivity index is 4.61. The molecule has 0 aromatic rings. The second kappa shape index (κ2) is 4.95. The number of rotatable bonds is 4. The first kappa shape index (κ1) is 14.4. The van der Waals surface area contributed by atoms with Gasteiger partial charge in [0.2, 0.25) is 0 Å². The maximum atomic E-state index is 9.45. The standard InChI is InChI=1S/C13H25NO/c1-10(2)7-12(4,5)8-11(3)9-13(6,14)15/h7,9,15H,8,14H2,1-6H3/b11-9+. The van der Waals surface area contributed by atoms with Gasteiger partial charge in [-0.3, -0.25) is 0 Å². The van der Waals surface area contributed by atoms with E-state index in [9.17, 15) is 5.11 Å². The van der Waals surface area contributed by atoms with Gasteiger partial charge in [0.1, 0.15) is 5.72 Å². The summed E-state index contributed by atoms with van der Waals surface area (Å²) in [6.45, 7) is 12.2.